The van der Waals surface area contributed by atoms with Gasteiger partial charge in [0.1, 0.15) is 41.5 Å². The smallest absolute Gasteiger partial charge is 0.410 e. The van der Waals surface area contributed by atoms with Crippen LogP contribution in [0.25, 0.3) is 33.8 Å². The lowest BCUT2D eigenvalue weighted by molar-refractivity contribution is -0.133. The van der Waals surface area contributed by atoms with Crippen molar-refractivity contribution in [3.05, 3.63) is 54.1 Å². The SMILES string of the molecule is CC(C)n1nc(-c2noc(C3CC3)c2-c2ncc(C3CCN(C(=O)OC4CC5(CC(CN6CCN(c7ccc(N[C@H]8CCC(=O)NC8=O)cc7F)CC6)C5)C4)CC3)cn2)c2c(N)ncnc21. The van der Waals surface area contributed by atoms with Crippen molar-refractivity contribution in [2.45, 2.75) is 108 Å². The van der Waals surface area contributed by atoms with Crippen molar-refractivity contribution in [3.8, 4) is 22.8 Å². The summed E-state index contributed by atoms with van der Waals surface area (Å²) in [6, 6.07) is 4.49. The molecule has 18 nitrogen and oxygen atoms in total. The largest absolute Gasteiger partial charge is 0.446 e. The van der Waals surface area contributed by atoms with E-state index in [2.05, 4.69) is 35.6 Å². The highest BCUT2D eigenvalue weighted by Gasteiger charge is 2.54. The Morgan fingerprint density at radius 3 is 2.41 bits per heavy atom. The zero-order valence-corrected chi connectivity index (χ0v) is 37.4. The third-order valence-electron chi connectivity index (χ3n) is 14.8. The zero-order valence-electron chi connectivity index (χ0n) is 37.4. The Hall–Kier alpha value is -6.24. The highest BCUT2D eigenvalue weighted by molar-refractivity contribution is 6.02. The first-order valence-electron chi connectivity index (χ1n) is 23.6. The number of nitrogens with zero attached hydrogens (tertiary/aromatic N) is 10. The number of piperidine rings is 2. The van der Waals surface area contributed by atoms with Crippen LogP contribution < -0.4 is 21.3 Å². The van der Waals surface area contributed by atoms with Crippen molar-refractivity contribution in [1.29, 1.82) is 0 Å². The van der Waals surface area contributed by atoms with Gasteiger partial charge in [0.2, 0.25) is 11.8 Å². The minimum absolute atomic E-state index is 0.0231. The molecule has 0 unspecified atom stereocenters. The summed E-state index contributed by atoms with van der Waals surface area (Å²) in [4.78, 5) is 61.8. The summed E-state index contributed by atoms with van der Waals surface area (Å²) in [6.07, 6.45) is 13.5. The van der Waals surface area contributed by atoms with E-state index in [-0.39, 0.29) is 54.1 Å². The number of hydrogen-bond acceptors (Lipinski definition) is 15. The van der Waals surface area contributed by atoms with Gasteiger partial charge in [0.05, 0.1) is 16.6 Å². The van der Waals surface area contributed by atoms with Crippen LogP contribution in [0.15, 0.2) is 41.4 Å². The number of likely N-dealkylation sites (tertiary alicyclic amines) is 1. The molecular formula is C47H56FN13O5. The van der Waals surface area contributed by atoms with E-state index in [9.17, 15) is 14.4 Å². The Morgan fingerprint density at radius 2 is 1.71 bits per heavy atom. The molecule has 19 heteroatoms. The average molecular weight is 902 g/mol. The average Bonchev–Trinajstić information content (AvgIpc) is 3.91. The number of fused-ring (bicyclic) bond motifs is 1. The van der Waals surface area contributed by atoms with Crippen molar-refractivity contribution in [2.24, 2.45) is 11.3 Å². The van der Waals surface area contributed by atoms with Crippen LogP contribution in [0.4, 0.5) is 26.4 Å². The summed E-state index contributed by atoms with van der Waals surface area (Å²) >= 11 is 0. The van der Waals surface area contributed by atoms with E-state index < -0.39 is 6.04 Å². The molecule has 3 saturated carbocycles. The van der Waals surface area contributed by atoms with Crippen LogP contribution in [-0.4, -0.2) is 121 Å². The Balaban J connectivity index is 0.625. The lowest BCUT2D eigenvalue weighted by Crippen LogP contribution is -2.56. The molecule has 4 N–H and O–H groups in total. The number of nitrogens with two attached hydrogens (primary N) is 1. The number of anilines is 3. The second-order valence-corrected chi connectivity index (χ2v) is 19.8. The molecule has 3 amide bonds. The molecule has 6 fully saturated rings. The Bertz CT molecular complexity index is 2650. The third-order valence-corrected chi connectivity index (χ3v) is 14.8. The fraction of sp³-hybridized carbons (Fsp3) is 0.553. The maximum atomic E-state index is 15.2. The van der Waals surface area contributed by atoms with Gasteiger partial charge in [0.25, 0.3) is 0 Å². The Morgan fingerprint density at radius 1 is 0.955 bits per heavy atom. The molecular weight excluding hydrogens is 846 g/mol. The van der Waals surface area contributed by atoms with E-state index in [1.54, 1.807) is 12.1 Å². The van der Waals surface area contributed by atoms with Gasteiger partial charge in [-0.3, -0.25) is 19.8 Å². The quantitative estimate of drug-likeness (QED) is 0.129. The molecule has 1 atom stereocenters. The third kappa shape index (κ3) is 8.08. The first-order chi connectivity index (χ1) is 32.0. The van der Waals surface area contributed by atoms with Crippen molar-refractivity contribution in [1.82, 2.24) is 50.0 Å². The molecule has 7 heterocycles. The molecule has 0 radical (unpaired) electrons. The van der Waals surface area contributed by atoms with Crippen molar-refractivity contribution in [3.63, 3.8) is 0 Å². The van der Waals surface area contributed by atoms with E-state index >= 15 is 4.39 Å². The Kier molecular flexibility index (Phi) is 10.8. The normalized spacial score (nSPS) is 25.0. The number of aromatic nitrogens is 7. The second-order valence-electron chi connectivity index (χ2n) is 19.8. The van der Waals surface area contributed by atoms with Gasteiger partial charge in [-0.2, -0.15) is 5.10 Å². The van der Waals surface area contributed by atoms with Gasteiger partial charge in [-0.25, -0.2) is 33.8 Å². The second kappa shape index (κ2) is 16.9. The van der Waals surface area contributed by atoms with Crippen LogP contribution in [0.3, 0.4) is 0 Å². The molecule has 346 valence electrons. The van der Waals surface area contributed by atoms with Crippen molar-refractivity contribution >= 4 is 46.1 Å². The Labute approximate surface area is 381 Å². The lowest BCUT2D eigenvalue weighted by atomic mass is 9.50. The summed E-state index contributed by atoms with van der Waals surface area (Å²) < 4.78 is 29.0. The molecule has 1 spiro atoms. The van der Waals surface area contributed by atoms with Crippen molar-refractivity contribution in [2.75, 3.05) is 61.8 Å². The number of halogens is 1. The van der Waals surface area contributed by atoms with Crippen LogP contribution >= 0.6 is 0 Å². The number of ether oxygens (including phenoxy) is 1. The molecule has 3 saturated heterocycles. The number of rotatable bonds is 11. The van der Waals surface area contributed by atoms with Crippen molar-refractivity contribution < 1.29 is 28.0 Å². The highest BCUT2D eigenvalue weighted by Crippen LogP contribution is 2.60. The van der Waals surface area contributed by atoms with Gasteiger partial charge < -0.3 is 30.1 Å². The number of benzene rings is 1. The van der Waals surface area contributed by atoms with Gasteiger partial charge >= 0.3 is 6.09 Å². The van der Waals surface area contributed by atoms with Gasteiger partial charge in [-0.1, -0.05) is 5.16 Å². The predicted octanol–water partition coefficient (Wildman–Crippen LogP) is 6.03. The van der Waals surface area contributed by atoms with Crippen LogP contribution in [0.5, 0.6) is 0 Å². The molecule has 11 rings (SSSR count). The molecule has 0 bridgehead atoms. The van der Waals surface area contributed by atoms with Gasteiger partial charge in [0, 0.05) is 82.3 Å². The fourth-order valence-corrected chi connectivity index (χ4v) is 11.2. The maximum Gasteiger partial charge on any atom is 0.410 e. The number of amides is 3. The van der Waals surface area contributed by atoms with Crippen LogP contribution in [0, 0.1) is 17.2 Å². The van der Waals surface area contributed by atoms with Gasteiger partial charge in [-0.05, 0) is 113 Å². The molecule has 66 heavy (non-hydrogen) atoms. The minimum atomic E-state index is -0.552. The maximum absolute atomic E-state index is 15.2. The molecule has 4 aromatic heterocycles. The van der Waals surface area contributed by atoms with E-state index in [0.717, 1.165) is 101 Å². The molecule has 1 aromatic carbocycles. The number of carbonyl (C=O) groups is 3. The molecule has 3 aliphatic heterocycles. The number of imide groups is 1. The van der Waals surface area contributed by atoms with E-state index in [4.69, 9.17) is 30.1 Å². The number of piperazine rings is 1. The first kappa shape index (κ1) is 42.4. The zero-order chi connectivity index (χ0) is 45.3. The van der Waals surface area contributed by atoms with Gasteiger partial charge in [0.15, 0.2) is 17.2 Å². The highest BCUT2D eigenvalue weighted by atomic mass is 19.1. The summed E-state index contributed by atoms with van der Waals surface area (Å²) in [6.45, 7) is 9.58. The van der Waals surface area contributed by atoms with Crippen LogP contribution in [0.2, 0.25) is 0 Å². The van der Waals surface area contributed by atoms with Gasteiger partial charge in [-0.15, -0.1) is 0 Å². The van der Waals surface area contributed by atoms with E-state index in [1.165, 1.54) is 12.4 Å². The lowest BCUT2D eigenvalue weighted by Gasteiger charge is -2.58. The van der Waals surface area contributed by atoms with Crippen LogP contribution in [-0.2, 0) is 14.3 Å². The predicted molar refractivity (Wildman–Crippen MR) is 242 cm³/mol. The topological polar surface area (TPSA) is 216 Å². The van der Waals surface area contributed by atoms with E-state index in [0.29, 0.717) is 76.3 Å². The summed E-state index contributed by atoms with van der Waals surface area (Å²) in [7, 11) is 0. The number of carbonyl (C=O) groups excluding carboxylic acids is 3. The standard InChI is InChI=1S/C47H56FN13O5/c1-26(2)61-44-38(42(49)52-25-53-44)39(56-61)40-37(41(66-57-40)29-3-4-29)43-50-22-30(23-51-43)28-9-11-60(12-10-28)46(64)65-32-20-47(21-32)18-27(19-47)24-58-13-15-59(16-14-58)35-7-5-31(17-33(35)48)54-34-6-8-36(62)55-45(34)63/h5,7,17,22-23,25-29,32,34,54H,3-4,6,8-16,18-21,24H2,1-2H3,(H2,49,52,53)(H,55,62,63)/t27?,32?,34-,47?/m0/s1. The minimum Gasteiger partial charge on any atom is -0.446 e. The summed E-state index contributed by atoms with van der Waals surface area (Å²) in [5.41, 5.74) is 11.3. The number of hydrogen-bond donors (Lipinski definition) is 3. The molecule has 5 aromatic rings. The number of nitrogens with one attached hydrogen (secondary N) is 2. The summed E-state index contributed by atoms with van der Waals surface area (Å²) in [5, 5.41) is 15.4. The van der Waals surface area contributed by atoms with Crippen LogP contribution in [0.1, 0.15) is 107 Å². The molecule has 3 aliphatic carbocycles. The molecule has 6 aliphatic rings. The van der Waals surface area contributed by atoms with E-state index in [1.807, 2.05) is 35.8 Å². The first-order valence-corrected chi connectivity index (χ1v) is 23.6. The fourth-order valence-electron chi connectivity index (χ4n) is 11.2. The number of nitrogen functional groups attached to an aromatic ring is 1. The monoisotopic (exact) mass is 901 g/mol. The summed E-state index contributed by atoms with van der Waals surface area (Å²) in [5.74, 6) is 1.73.